The molecule has 1 saturated heterocycles. The number of carbonyl (C=O) groups is 1. The standard InChI is InChI=1S/C11H16N4O3/c1-17-5-9-13-8(14-18-9)4-12-10(16)15-6-11(7-15)2-3-11/h2-7H2,1H3,(H,12,16). The smallest absolute Gasteiger partial charge is 0.317 e. The van der Waals surface area contributed by atoms with Crippen LogP contribution in [0.1, 0.15) is 24.6 Å². The second-order valence-corrected chi connectivity index (χ2v) is 5.05. The van der Waals surface area contributed by atoms with Crippen molar-refractivity contribution in [2.45, 2.75) is 26.0 Å². The van der Waals surface area contributed by atoms with Gasteiger partial charge in [0, 0.05) is 25.6 Å². The lowest BCUT2D eigenvalue weighted by Crippen LogP contribution is -2.54. The molecular weight excluding hydrogens is 236 g/mol. The fraction of sp³-hybridized carbons (Fsp3) is 0.727. The summed E-state index contributed by atoms with van der Waals surface area (Å²) in [7, 11) is 1.56. The van der Waals surface area contributed by atoms with E-state index >= 15 is 0 Å². The topological polar surface area (TPSA) is 80.5 Å². The molecular formula is C11H16N4O3. The molecule has 1 aromatic heterocycles. The van der Waals surface area contributed by atoms with Crippen molar-refractivity contribution < 1.29 is 14.1 Å². The molecule has 1 aliphatic carbocycles. The Labute approximate surface area is 104 Å². The van der Waals surface area contributed by atoms with Crippen LogP contribution >= 0.6 is 0 Å². The second kappa shape index (κ2) is 4.24. The average Bonchev–Trinajstić information content (AvgIpc) is 3.00. The van der Waals surface area contributed by atoms with Crippen molar-refractivity contribution in [3.05, 3.63) is 11.7 Å². The van der Waals surface area contributed by atoms with Gasteiger partial charge in [0.1, 0.15) is 6.61 Å². The first-order chi connectivity index (χ1) is 8.71. The van der Waals surface area contributed by atoms with E-state index in [0.29, 0.717) is 17.1 Å². The van der Waals surface area contributed by atoms with E-state index in [1.165, 1.54) is 12.8 Å². The number of amides is 2. The van der Waals surface area contributed by atoms with Crippen molar-refractivity contribution >= 4 is 6.03 Å². The molecule has 0 atom stereocenters. The van der Waals surface area contributed by atoms with Gasteiger partial charge in [0.2, 0.25) is 0 Å². The van der Waals surface area contributed by atoms with Gasteiger partial charge in [-0.2, -0.15) is 4.98 Å². The van der Waals surface area contributed by atoms with Crippen LogP contribution in [0, 0.1) is 5.41 Å². The number of nitrogens with one attached hydrogen (secondary N) is 1. The molecule has 3 rings (SSSR count). The van der Waals surface area contributed by atoms with Crippen LogP contribution in [0.2, 0.25) is 0 Å². The summed E-state index contributed by atoms with van der Waals surface area (Å²) in [5, 5.41) is 6.53. The van der Waals surface area contributed by atoms with Crippen molar-refractivity contribution in [2.75, 3.05) is 20.2 Å². The summed E-state index contributed by atoms with van der Waals surface area (Å²) in [6.07, 6.45) is 2.53. The summed E-state index contributed by atoms with van der Waals surface area (Å²) in [6.45, 7) is 2.35. The van der Waals surface area contributed by atoms with Crippen LogP contribution in [-0.4, -0.2) is 41.3 Å². The predicted molar refractivity (Wildman–Crippen MR) is 60.5 cm³/mol. The normalized spacial score (nSPS) is 19.7. The first kappa shape index (κ1) is 11.5. The van der Waals surface area contributed by atoms with Gasteiger partial charge in [-0.25, -0.2) is 4.79 Å². The zero-order valence-electron chi connectivity index (χ0n) is 10.3. The summed E-state index contributed by atoms with van der Waals surface area (Å²) in [6, 6.07) is -0.0504. The highest BCUT2D eigenvalue weighted by molar-refractivity contribution is 5.75. The zero-order valence-corrected chi connectivity index (χ0v) is 10.3. The van der Waals surface area contributed by atoms with Gasteiger partial charge >= 0.3 is 6.03 Å². The number of nitrogens with zero attached hydrogens (tertiary/aromatic N) is 3. The van der Waals surface area contributed by atoms with Gasteiger partial charge in [-0.05, 0) is 12.8 Å². The third-order valence-corrected chi connectivity index (χ3v) is 3.47. The van der Waals surface area contributed by atoms with Crippen molar-refractivity contribution in [3.8, 4) is 0 Å². The van der Waals surface area contributed by atoms with Crippen molar-refractivity contribution in [2.24, 2.45) is 5.41 Å². The van der Waals surface area contributed by atoms with E-state index in [-0.39, 0.29) is 19.2 Å². The maximum absolute atomic E-state index is 11.8. The molecule has 0 bridgehead atoms. The van der Waals surface area contributed by atoms with Gasteiger partial charge in [-0.3, -0.25) is 0 Å². The van der Waals surface area contributed by atoms with E-state index in [1.807, 2.05) is 4.90 Å². The molecule has 0 aromatic carbocycles. The van der Waals surface area contributed by atoms with E-state index in [1.54, 1.807) is 7.11 Å². The number of carbonyl (C=O) groups excluding carboxylic acids is 1. The molecule has 2 heterocycles. The fourth-order valence-corrected chi connectivity index (χ4v) is 2.21. The highest BCUT2D eigenvalue weighted by Crippen LogP contribution is 2.52. The monoisotopic (exact) mass is 252 g/mol. The summed E-state index contributed by atoms with van der Waals surface area (Å²) >= 11 is 0. The lowest BCUT2D eigenvalue weighted by atomic mass is 9.98. The maximum atomic E-state index is 11.8. The summed E-state index contributed by atoms with van der Waals surface area (Å²) in [5.41, 5.74) is 0.481. The van der Waals surface area contributed by atoms with Crippen LogP contribution in [0.15, 0.2) is 4.52 Å². The molecule has 1 aliphatic heterocycles. The Hall–Kier alpha value is -1.63. The quantitative estimate of drug-likeness (QED) is 0.845. The molecule has 18 heavy (non-hydrogen) atoms. The van der Waals surface area contributed by atoms with Crippen LogP contribution in [0.25, 0.3) is 0 Å². The molecule has 2 fully saturated rings. The predicted octanol–water partition coefficient (Wildman–Crippen LogP) is 0.521. The Balaban J connectivity index is 1.44. The van der Waals surface area contributed by atoms with Gasteiger partial charge in [-0.15, -0.1) is 0 Å². The Bertz CT molecular complexity index is 447. The Kier molecular flexibility index (Phi) is 2.70. The van der Waals surface area contributed by atoms with Crippen LogP contribution in [0.4, 0.5) is 4.79 Å². The van der Waals surface area contributed by atoms with Gasteiger partial charge in [-0.1, -0.05) is 5.16 Å². The Morgan fingerprint density at radius 1 is 1.56 bits per heavy atom. The van der Waals surface area contributed by atoms with Crippen LogP contribution in [0.5, 0.6) is 0 Å². The van der Waals surface area contributed by atoms with E-state index in [4.69, 9.17) is 9.26 Å². The Morgan fingerprint density at radius 3 is 3.00 bits per heavy atom. The SMILES string of the molecule is COCc1nc(CNC(=O)N2CC3(CC3)C2)no1. The number of ether oxygens (including phenoxy) is 1. The maximum Gasteiger partial charge on any atom is 0.317 e. The number of likely N-dealkylation sites (tertiary alicyclic amines) is 1. The number of methoxy groups -OCH3 is 1. The lowest BCUT2D eigenvalue weighted by Gasteiger charge is -2.39. The summed E-state index contributed by atoms with van der Waals surface area (Å²) in [4.78, 5) is 17.7. The van der Waals surface area contributed by atoms with Crippen LogP contribution in [0.3, 0.4) is 0 Å². The number of hydrogen-bond acceptors (Lipinski definition) is 5. The number of aromatic nitrogens is 2. The molecule has 0 unspecified atom stereocenters. The molecule has 1 aromatic rings. The molecule has 7 heteroatoms. The first-order valence-electron chi connectivity index (χ1n) is 6.04. The minimum Gasteiger partial charge on any atom is -0.375 e. The average molecular weight is 252 g/mol. The highest BCUT2D eigenvalue weighted by Gasteiger charge is 2.53. The van der Waals surface area contributed by atoms with E-state index in [0.717, 1.165) is 13.1 Å². The van der Waals surface area contributed by atoms with E-state index in [2.05, 4.69) is 15.5 Å². The third-order valence-electron chi connectivity index (χ3n) is 3.47. The molecule has 0 radical (unpaired) electrons. The van der Waals surface area contributed by atoms with Crippen LogP contribution < -0.4 is 5.32 Å². The Morgan fingerprint density at radius 2 is 2.33 bits per heavy atom. The molecule has 2 amide bonds. The van der Waals surface area contributed by atoms with E-state index < -0.39 is 0 Å². The number of urea groups is 1. The second-order valence-electron chi connectivity index (χ2n) is 5.05. The summed E-state index contributed by atoms with van der Waals surface area (Å²) in [5.74, 6) is 0.889. The van der Waals surface area contributed by atoms with Crippen LogP contribution in [-0.2, 0) is 17.9 Å². The first-order valence-corrected chi connectivity index (χ1v) is 6.04. The molecule has 98 valence electrons. The molecule has 1 saturated carbocycles. The fourth-order valence-electron chi connectivity index (χ4n) is 2.21. The third kappa shape index (κ3) is 2.17. The minimum atomic E-state index is -0.0504. The summed E-state index contributed by atoms with van der Waals surface area (Å²) < 4.78 is 9.80. The van der Waals surface area contributed by atoms with Gasteiger partial charge < -0.3 is 19.5 Å². The number of hydrogen-bond donors (Lipinski definition) is 1. The number of rotatable bonds is 4. The molecule has 1 spiro atoms. The largest absolute Gasteiger partial charge is 0.375 e. The molecule has 7 nitrogen and oxygen atoms in total. The van der Waals surface area contributed by atoms with Crippen molar-refractivity contribution in [1.82, 2.24) is 20.4 Å². The minimum absolute atomic E-state index is 0.0504. The van der Waals surface area contributed by atoms with Gasteiger partial charge in [0.15, 0.2) is 5.82 Å². The molecule has 2 aliphatic rings. The van der Waals surface area contributed by atoms with Crippen molar-refractivity contribution in [3.63, 3.8) is 0 Å². The zero-order chi connectivity index (χ0) is 12.6. The molecule has 1 N–H and O–H groups in total. The highest BCUT2D eigenvalue weighted by atomic mass is 16.5. The van der Waals surface area contributed by atoms with Gasteiger partial charge in [0.05, 0.1) is 6.54 Å². The van der Waals surface area contributed by atoms with Gasteiger partial charge in [0.25, 0.3) is 5.89 Å². The van der Waals surface area contributed by atoms with E-state index in [9.17, 15) is 4.79 Å². The lowest BCUT2D eigenvalue weighted by molar-refractivity contribution is 0.106. The van der Waals surface area contributed by atoms with Crippen molar-refractivity contribution in [1.29, 1.82) is 0 Å².